The van der Waals surface area contributed by atoms with E-state index >= 15 is 0 Å². The fourth-order valence-corrected chi connectivity index (χ4v) is 1.84. The number of hydrazine groups is 1. The van der Waals surface area contributed by atoms with Crippen LogP contribution in [0, 0.1) is 17.2 Å². The van der Waals surface area contributed by atoms with Gasteiger partial charge in [-0.1, -0.05) is 23.7 Å². The van der Waals surface area contributed by atoms with Crippen molar-refractivity contribution in [2.45, 2.75) is 6.17 Å². The summed E-state index contributed by atoms with van der Waals surface area (Å²) in [5.41, 5.74) is 6.06. The molecule has 88 valence electrons. The van der Waals surface area contributed by atoms with Crippen molar-refractivity contribution in [3.8, 4) is 6.07 Å². The van der Waals surface area contributed by atoms with Crippen LogP contribution in [0.15, 0.2) is 24.3 Å². The Morgan fingerprint density at radius 2 is 2.29 bits per heavy atom. The molecule has 1 aliphatic heterocycles. The Morgan fingerprint density at radius 1 is 1.53 bits per heavy atom. The molecule has 3 N–H and O–H groups in total. The predicted molar refractivity (Wildman–Crippen MR) is 62.9 cm³/mol. The molecule has 2 atom stereocenters. The third-order valence-electron chi connectivity index (χ3n) is 2.55. The van der Waals surface area contributed by atoms with Crippen LogP contribution in [0.25, 0.3) is 0 Å². The Kier molecular flexibility index (Phi) is 3.59. The van der Waals surface area contributed by atoms with Crippen LogP contribution in [0.2, 0.25) is 5.02 Å². The first-order chi connectivity index (χ1) is 8.22. The maximum atomic E-state index is 11.9. The molecule has 2 rings (SSSR count). The number of hydrogen-bond acceptors (Lipinski definition) is 4. The number of nitrogens with zero attached hydrogens (tertiary/aromatic N) is 1. The molecular weight excluding hydrogens is 240 g/mol. The first-order valence-electron chi connectivity index (χ1n) is 5.16. The first kappa shape index (κ1) is 11.9. The largest absolute Gasteiger partial charge is 0.334 e. The molecule has 2 unspecified atom stereocenters. The van der Waals surface area contributed by atoms with Gasteiger partial charge in [-0.05, 0) is 12.1 Å². The highest BCUT2D eigenvalue weighted by atomic mass is 35.5. The van der Waals surface area contributed by atoms with Gasteiger partial charge in [-0.3, -0.25) is 10.2 Å². The molecule has 17 heavy (non-hydrogen) atoms. The van der Waals surface area contributed by atoms with Crippen LogP contribution in [0.4, 0.5) is 0 Å². The summed E-state index contributed by atoms with van der Waals surface area (Å²) in [5.74, 6) is -0.585. The molecule has 1 aliphatic rings. The standard InChI is InChI=1S/C11H11ClN4O/c12-9-4-2-1-3-8(9)11(17)15-10-7(5-13)6-14-16-10/h1-4,7,10,14,16H,6H2,(H,15,17). The SMILES string of the molecule is N#CC1CNNC1NC(=O)c1ccccc1Cl. The summed E-state index contributed by atoms with van der Waals surface area (Å²) in [6.07, 6.45) is -0.399. The van der Waals surface area contributed by atoms with Gasteiger partial charge in [-0.25, -0.2) is 5.43 Å². The molecule has 0 saturated carbocycles. The molecule has 1 fully saturated rings. The molecule has 0 spiro atoms. The fourth-order valence-electron chi connectivity index (χ4n) is 1.62. The first-order valence-corrected chi connectivity index (χ1v) is 5.53. The molecule has 1 aromatic carbocycles. The van der Waals surface area contributed by atoms with E-state index in [4.69, 9.17) is 16.9 Å². The summed E-state index contributed by atoms with van der Waals surface area (Å²) in [4.78, 5) is 11.9. The third kappa shape index (κ3) is 2.56. The Bertz CT molecular complexity index is 471. The van der Waals surface area contributed by atoms with Crippen molar-refractivity contribution in [3.05, 3.63) is 34.9 Å². The molecule has 1 aromatic rings. The summed E-state index contributed by atoms with van der Waals surface area (Å²) in [6, 6.07) is 8.90. The molecule has 5 nitrogen and oxygen atoms in total. The van der Waals surface area contributed by atoms with Crippen molar-refractivity contribution in [2.75, 3.05) is 6.54 Å². The van der Waals surface area contributed by atoms with Crippen molar-refractivity contribution >= 4 is 17.5 Å². The van der Waals surface area contributed by atoms with Crippen molar-refractivity contribution in [2.24, 2.45) is 5.92 Å². The van der Waals surface area contributed by atoms with Gasteiger partial charge in [-0.2, -0.15) is 5.26 Å². The predicted octanol–water partition coefficient (Wildman–Crippen LogP) is 0.643. The summed E-state index contributed by atoms with van der Waals surface area (Å²) >= 11 is 5.91. The fraction of sp³-hybridized carbons (Fsp3) is 0.273. The molecular formula is C11H11ClN4O. The van der Waals surface area contributed by atoms with Crippen LogP contribution in [-0.4, -0.2) is 18.6 Å². The van der Waals surface area contributed by atoms with Gasteiger partial charge in [0.2, 0.25) is 0 Å². The van der Waals surface area contributed by atoms with E-state index in [0.717, 1.165) is 0 Å². The highest BCUT2D eigenvalue weighted by Gasteiger charge is 2.28. The van der Waals surface area contributed by atoms with Gasteiger partial charge in [0, 0.05) is 6.54 Å². The number of nitriles is 1. The van der Waals surface area contributed by atoms with E-state index in [2.05, 4.69) is 22.2 Å². The van der Waals surface area contributed by atoms with Crippen LogP contribution in [0.5, 0.6) is 0 Å². The molecule has 0 aliphatic carbocycles. The van der Waals surface area contributed by atoms with Gasteiger partial charge in [0.25, 0.3) is 5.91 Å². The van der Waals surface area contributed by atoms with Gasteiger partial charge in [0.05, 0.1) is 22.6 Å². The number of hydrogen-bond donors (Lipinski definition) is 3. The second-order valence-corrected chi connectivity index (χ2v) is 4.10. The lowest BCUT2D eigenvalue weighted by molar-refractivity contribution is 0.0927. The smallest absolute Gasteiger partial charge is 0.254 e. The number of carbonyl (C=O) groups excluding carboxylic acids is 1. The highest BCUT2D eigenvalue weighted by molar-refractivity contribution is 6.33. The second-order valence-electron chi connectivity index (χ2n) is 3.69. The van der Waals surface area contributed by atoms with E-state index in [1.54, 1.807) is 24.3 Å². The van der Waals surface area contributed by atoms with E-state index in [1.807, 2.05) is 0 Å². The topological polar surface area (TPSA) is 77.0 Å². The zero-order valence-electron chi connectivity index (χ0n) is 8.90. The summed E-state index contributed by atoms with van der Waals surface area (Å²) in [5, 5.41) is 12.0. The number of carbonyl (C=O) groups is 1. The van der Waals surface area contributed by atoms with Gasteiger partial charge < -0.3 is 5.32 Å². The number of halogens is 1. The van der Waals surface area contributed by atoms with E-state index in [1.165, 1.54) is 0 Å². The van der Waals surface area contributed by atoms with Gasteiger partial charge in [0.15, 0.2) is 0 Å². The van der Waals surface area contributed by atoms with Crippen molar-refractivity contribution < 1.29 is 4.79 Å². The molecule has 1 saturated heterocycles. The molecule has 0 bridgehead atoms. The minimum Gasteiger partial charge on any atom is -0.334 e. The Balaban J connectivity index is 2.08. The van der Waals surface area contributed by atoms with Gasteiger partial charge in [-0.15, -0.1) is 0 Å². The Morgan fingerprint density at radius 3 is 3.00 bits per heavy atom. The third-order valence-corrected chi connectivity index (χ3v) is 2.88. The lowest BCUT2D eigenvalue weighted by Gasteiger charge is -2.15. The van der Waals surface area contributed by atoms with E-state index in [0.29, 0.717) is 17.1 Å². The van der Waals surface area contributed by atoms with Gasteiger partial charge >= 0.3 is 0 Å². The van der Waals surface area contributed by atoms with E-state index in [-0.39, 0.29) is 11.8 Å². The van der Waals surface area contributed by atoms with Crippen LogP contribution in [0.1, 0.15) is 10.4 Å². The highest BCUT2D eigenvalue weighted by Crippen LogP contribution is 2.15. The molecule has 1 heterocycles. The average molecular weight is 251 g/mol. The van der Waals surface area contributed by atoms with Crippen LogP contribution in [0.3, 0.4) is 0 Å². The number of benzene rings is 1. The molecule has 0 aromatic heterocycles. The van der Waals surface area contributed by atoms with E-state index < -0.39 is 6.17 Å². The molecule has 1 amide bonds. The zero-order chi connectivity index (χ0) is 12.3. The lowest BCUT2D eigenvalue weighted by Crippen LogP contribution is -2.46. The van der Waals surface area contributed by atoms with Gasteiger partial charge in [0.1, 0.15) is 6.17 Å². The van der Waals surface area contributed by atoms with E-state index in [9.17, 15) is 4.79 Å². The summed E-state index contributed by atoms with van der Waals surface area (Å²) < 4.78 is 0. The van der Waals surface area contributed by atoms with Crippen molar-refractivity contribution in [3.63, 3.8) is 0 Å². The minimum absolute atomic E-state index is 0.290. The second kappa shape index (κ2) is 5.15. The van der Waals surface area contributed by atoms with Crippen molar-refractivity contribution in [1.29, 1.82) is 5.26 Å². The number of nitrogens with one attached hydrogen (secondary N) is 3. The van der Waals surface area contributed by atoms with Crippen LogP contribution < -0.4 is 16.2 Å². The normalized spacial score (nSPS) is 23.1. The van der Waals surface area contributed by atoms with Crippen molar-refractivity contribution in [1.82, 2.24) is 16.2 Å². The Hall–Kier alpha value is -1.61. The number of rotatable bonds is 2. The maximum absolute atomic E-state index is 11.9. The van der Waals surface area contributed by atoms with Crippen LogP contribution >= 0.6 is 11.6 Å². The summed E-state index contributed by atoms with van der Waals surface area (Å²) in [6.45, 7) is 0.504. The lowest BCUT2D eigenvalue weighted by atomic mass is 10.1. The van der Waals surface area contributed by atoms with Crippen LogP contribution in [-0.2, 0) is 0 Å². The summed E-state index contributed by atoms with van der Waals surface area (Å²) in [7, 11) is 0. The monoisotopic (exact) mass is 250 g/mol. The molecule has 6 heteroatoms. The minimum atomic E-state index is -0.399. The zero-order valence-corrected chi connectivity index (χ0v) is 9.66. The molecule has 0 radical (unpaired) electrons. The number of amides is 1. The quantitative estimate of drug-likeness (QED) is 0.720. The Labute approximate surface area is 104 Å². The maximum Gasteiger partial charge on any atom is 0.254 e. The average Bonchev–Trinajstić information content (AvgIpc) is 2.76.